The van der Waals surface area contributed by atoms with E-state index in [-0.39, 0.29) is 10.6 Å². The van der Waals surface area contributed by atoms with Crippen molar-refractivity contribution in [3.63, 3.8) is 0 Å². The predicted octanol–water partition coefficient (Wildman–Crippen LogP) is 1.45. The maximum atomic E-state index is 12.9. The van der Waals surface area contributed by atoms with Gasteiger partial charge in [0.05, 0.1) is 7.11 Å². The standard InChI is InChI=1S/C17H27N3O4S/c1-18-13-15(12-16(18)17(21)24-2)25(22,23)20-10-6-14(7-11-20)19-8-4-3-5-9-19/h12-14H,3-11H2,1-2H3. The van der Waals surface area contributed by atoms with Gasteiger partial charge in [-0.15, -0.1) is 0 Å². The summed E-state index contributed by atoms with van der Waals surface area (Å²) in [5, 5.41) is 0. The molecule has 2 aliphatic rings. The maximum Gasteiger partial charge on any atom is 0.354 e. The number of likely N-dealkylation sites (tertiary alicyclic amines) is 1. The van der Waals surface area contributed by atoms with Crippen molar-refractivity contribution in [2.45, 2.75) is 43.0 Å². The summed E-state index contributed by atoms with van der Waals surface area (Å²) < 4.78 is 33.5. The number of carbonyl (C=O) groups is 1. The molecule has 1 aromatic rings. The van der Waals surface area contributed by atoms with Gasteiger partial charge in [0, 0.05) is 32.4 Å². The zero-order chi connectivity index (χ0) is 18.0. The number of esters is 1. The number of ether oxygens (including phenoxy) is 1. The number of piperidine rings is 2. The second kappa shape index (κ2) is 7.47. The predicted molar refractivity (Wildman–Crippen MR) is 94.0 cm³/mol. The average Bonchev–Trinajstić information content (AvgIpc) is 3.04. The van der Waals surface area contributed by atoms with Gasteiger partial charge < -0.3 is 14.2 Å². The minimum atomic E-state index is -3.57. The minimum Gasteiger partial charge on any atom is -0.464 e. The Bertz CT molecular complexity index is 714. The molecule has 2 fully saturated rings. The molecule has 0 atom stereocenters. The van der Waals surface area contributed by atoms with Crippen molar-refractivity contribution in [2.24, 2.45) is 7.05 Å². The smallest absolute Gasteiger partial charge is 0.354 e. The number of hydrogen-bond acceptors (Lipinski definition) is 5. The van der Waals surface area contributed by atoms with Crippen LogP contribution in [0.25, 0.3) is 0 Å². The summed E-state index contributed by atoms with van der Waals surface area (Å²) in [6.45, 7) is 3.34. The lowest BCUT2D eigenvalue weighted by Crippen LogP contribution is -2.48. The molecule has 0 saturated carbocycles. The topological polar surface area (TPSA) is 71.8 Å². The van der Waals surface area contributed by atoms with Gasteiger partial charge in [-0.05, 0) is 44.8 Å². The summed E-state index contributed by atoms with van der Waals surface area (Å²) >= 11 is 0. The second-order valence-corrected chi connectivity index (χ2v) is 8.83. The molecule has 7 nitrogen and oxygen atoms in total. The zero-order valence-electron chi connectivity index (χ0n) is 15.0. The third kappa shape index (κ3) is 3.75. The lowest BCUT2D eigenvalue weighted by Gasteiger charge is -2.39. The Hall–Kier alpha value is -1.38. The fourth-order valence-corrected chi connectivity index (χ4v) is 5.40. The van der Waals surface area contributed by atoms with Crippen molar-refractivity contribution < 1.29 is 17.9 Å². The van der Waals surface area contributed by atoms with Gasteiger partial charge >= 0.3 is 5.97 Å². The highest BCUT2D eigenvalue weighted by Gasteiger charge is 2.33. The van der Waals surface area contributed by atoms with Crippen molar-refractivity contribution in [1.82, 2.24) is 13.8 Å². The Morgan fingerprint density at radius 3 is 2.36 bits per heavy atom. The Kier molecular flexibility index (Phi) is 5.50. The first-order valence-electron chi connectivity index (χ1n) is 8.92. The van der Waals surface area contributed by atoms with E-state index in [0.717, 1.165) is 25.9 Å². The highest BCUT2D eigenvalue weighted by atomic mass is 32.2. The molecule has 1 aromatic heterocycles. The molecule has 140 valence electrons. The summed E-state index contributed by atoms with van der Waals surface area (Å²) in [6.07, 6.45) is 7.03. The minimum absolute atomic E-state index is 0.159. The van der Waals surface area contributed by atoms with Crippen LogP contribution >= 0.6 is 0 Å². The molecule has 0 spiro atoms. The lowest BCUT2D eigenvalue weighted by molar-refractivity contribution is 0.0590. The van der Waals surface area contributed by atoms with E-state index in [1.54, 1.807) is 11.4 Å². The van der Waals surface area contributed by atoms with Crippen molar-refractivity contribution in [3.05, 3.63) is 18.0 Å². The molecule has 0 radical (unpaired) electrons. The molecule has 2 saturated heterocycles. The number of aromatic nitrogens is 1. The Balaban J connectivity index is 1.68. The summed E-state index contributed by atoms with van der Waals surface area (Å²) in [6, 6.07) is 1.89. The first-order chi connectivity index (χ1) is 11.9. The van der Waals surface area contributed by atoms with Crippen molar-refractivity contribution in [2.75, 3.05) is 33.3 Å². The molecule has 0 unspecified atom stereocenters. The number of carbonyl (C=O) groups excluding carboxylic acids is 1. The number of hydrogen-bond donors (Lipinski definition) is 0. The van der Waals surface area contributed by atoms with E-state index in [1.807, 2.05) is 0 Å². The van der Waals surface area contributed by atoms with Crippen LogP contribution in [-0.2, 0) is 21.8 Å². The fraction of sp³-hybridized carbons (Fsp3) is 0.706. The normalized spacial score (nSPS) is 21.4. The van der Waals surface area contributed by atoms with Crippen molar-refractivity contribution >= 4 is 16.0 Å². The molecule has 3 rings (SSSR count). The molecular weight excluding hydrogens is 342 g/mol. The Morgan fingerprint density at radius 2 is 1.76 bits per heavy atom. The van der Waals surface area contributed by atoms with E-state index in [1.165, 1.54) is 43.2 Å². The summed E-state index contributed by atoms with van der Waals surface area (Å²) in [7, 11) is -0.640. The van der Waals surface area contributed by atoms with Gasteiger partial charge in [-0.25, -0.2) is 13.2 Å². The monoisotopic (exact) mass is 369 g/mol. The van der Waals surface area contributed by atoms with E-state index < -0.39 is 16.0 Å². The molecule has 2 aliphatic heterocycles. The molecule has 0 N–H and O–H groups in total. The van der Waals surface area contributed by atoms with Gasteiger partial charge in [0.1, 0.15) is 10.6 Å². The SMILES string of the molecule is COC(=O)c1cc(S(=O)(=O)N2CCC(N3CCCCC3)CC2)cn1C. The molecule has 8 heteroatoms. The third-order valence-corrected chi connectivity index (χ3v) is 7.21. The van der Waals surface area contributed by atoms with Crippen LogP contribution in [0.2, 0.25) is 0 Å². The molecule has 3 heterocycles. The fourth-order valence-electron chi connectivity index (χ4n) is 3.86. The van der Waals surface area contributed by atoms with Crippen LogP contribution in [0.4, 0.5) is 0 Å². The highest BCUT2D eigenvalue weighted by molar-refractivity contribution is 7.89. The molecule has 0 aromatic carbocycles. The van der Waals surface area contributed by atoms with Gasteiger partial charge in [0.2, 0.25) is 10.0 Å². The van der Waals surface area contributed by atoms with Crippen molar-refractivity contribution in [3.8, 4) is 0 Å². The maximum absolute atomic E-state index is 12.9. The van der Waals surface area contributed by atoms with E-state index >= 15 is 0 Å². The van der Waals surface area contributed by atoms with Crippen LogP contribution in [0.1, 0.15) is 42.6 Å². The van der Waals surface area contributed by atoms with E-state index in [9.17, 15) is 13.2 Å². The van der Waals surface area contributed by atoms with Gasteiger partial charge in [-0.3, -0.25) is 0 Å². The van der Waals surface area contributed by atoms with Gasteiger partial charge in [0.25, 0.3) is 0 Å². The van der Waals surface area contributed by atoms with Crippen LogP contribution in [0, 0.1) is 0 Å². The van der Waals surface area contributed by atoms with Crippen molar-refractivity contribution in [1.29, 1.82) is 0 Å². The average molecular weight is 369 g/mol. The number of methoxy groups -OCH3 is 1. The third-order valence-electron chi connectivity index (χ3n) is 5.34. The van der Waals surface area contributed by atoms with Crippen LogP contribution in [0.3, 0.4) is 0 Å². The van der Waals surface area contributed by atoms with E-state index in [2.05, 4.69) is 4.90 Å². The van der Waals surface area contributed by atoms with Crippen LogP contribution in [0.15, 0.2) is 17.2 Å². The Morgan fingerprint density at radius 1 is 1.12 bits per heavy atom. The number of sulfonamides is 1. The summed E-state index contributed by atoms with van der Waals surface area (Å²) in [5.74, 6) is -0.534. The van der Waals surface area contributed by atoms with Crippen LogP contribution in [-0.4, -0.2) is 67.5 Å². The molecule has 0 amide bonds. The van der Waals surface area contributed by atoms with E-state index in [0.29, 0.717) is 19.1 Å². The van der Waals surface area contributed by atoms with Crippen LogP contribution < -0.4 is 0 Å². The van der Waals surface area contributed by atoms with Crippen LogP contribution in [0.5, 0.6) is 0 Å². The number of aryl methyl sites for hydroxylation is 1. The van der Waals surface area contributed by atoms with E-state index in [4.69, 9.17) is 4.74 Å². The Labute approximate surface area is 149 Å². The zero-order valence-corrected chi connectivity index (χ0v) is 15.8. The summed E-state index contributed by atoms with van der Waals surface area (Å²) in [4.78, 5) is 14.4. The summed E-state index contributed by atoms with van der Waals surface area (Å²) in [5.41, 5.74) is 0.240. The second-order valence-electron chi connectivity index (χ2n) is 6.90. The highest BCUT2D eigenvalue weighted by Crippen LogP contribution is 2.26. The lowest BCUT2D eigenvalue weighted by atomic mass is 10.0. The van der Waals surface area contributed by atoms with Gasteiger partial charge in [0.15, 0.2) is 0 Å². The number of rotatable bonds is 4. The molecular formula is C17H27N3O4S. The largest absolute Gasteiger partial charge is 0.464 e. The van der Waals surface area contributed by atoms with Gasteiger partial charge in [-0.1, -0.05) is 6.42 Å². The first-order valence-corrected chi connectivity index (χ1v) is 10.4. The molecule has 25 heavy (non-hydrogen) atoms. The van der Waals surface area contributed by atoms with Gasteiger partial charge in [-0.2, -0.15) is 4.31 Å². The number of nitrogens with zero attached hydrogens (tertiary/aromatic N) is 3. The quantitative estimate of drug-likeness (QED) is 0.751. The first kappa shape index (κ1) is 18.4. The molecule has 0 bridgehead atoms. The molecule has 0 aliphatic carbocycles.